The van der Waals surface area contributed by atoms with Crippen LogP contribution in [0.4, 0.5) is 0 Å². The Morgan fingerprint density at radius 1 is 0.731 bits per heavy atom. The first-order chi connectivity index (χ1) is 24.9. The summed E-state index contributed by atoms with van der Waals surface area (Å²) in [6, 6.07) is 18.4. The molecule has 3 aliphatic heterocycles. The maximum atomic E-state index is 13.2. The smallest absolute Gasteiger partial charge is 0.338 e. The predicted octanol–water partition coefficient (Wildman–Crippen LogP) is 6.12. The van der Waals surface area contributed by atoms with Crippen molar-refractivity contribution in [2.24, 2.45) is 0 Å². The monoisotopic (exact) mass is 742 g/mol. The second-order valence-corrected chi connectivity index (χ2v) is 20.3. The highest BCUT2D eigenvalue weighted by Crippen LogP contribution is 2.34. The number of benzene rings is 2. The molecule has 0 amide bonds. The Morgan fingerprint density at radius 3 is 1.88 bits per heavy atom. The number of methoxy groups -OCH3 is 1. The third-order valence-electron chi connectivity index (χ3n) is 9.37. The fourth-order valence-corrected chi connectivity index (χ4v) is 7.14. The molecule has 0 aromatic heterocycles. The van der Waals surface area contributed by atoms with Crippen molar-refractivity contribution in [3.8, 4) is 0 Å². The molecule has 12 nitrogen and oxygen atoms in total. The Labute approximate surface area is 307 Å². The van der Waals surface area contributed by atoms with Gasteiger partial charge in [-0.2, -0.15) is 0 Å². The molecule has 0 radical (unpaired) electrons. The lowest BCUT2D eigenvalue weighted by atomic mass is 9.99. The van der Waals surface area contributed by atoms with Crippen LogP contribution in [-0.2, 0) is 47.4 Å². The van der Waals surface area contributed by atoms with Crippen molar-refractivity contribution >= 4 is 20.0 Å². The number of hydrogen-bond donors (Lipinski definition) is 0. The fraction of sp³-hybridized carbons (Fsp3) is 0.590. The molecule has 13 heteroatoms. The summed E-state index contributed by atoms with van der Waals surface area (Å²) in [5.74, 6) is -1.09. The Kier molecular flexibility index (Phi) is 14.4. The van der Waals surface area contributed by atoms with Crippen molar-refractivity contribution in [1.82, 2.24) is 0 Å². The van der Waals surface area contributed by atoms with Crippen molar-refractivity contribution in [3.05, 3.63) is 84.1 Å². The zero-order valence-corrected chi connectivity index (χ0v) is 32.2. The van der Waals surface area contributed by atoms with E-state index in [-0.39, 0.29) is 25.4 Å². The van der Waals surface area contributed by atoms with Crippen molar-refractivity contribution in [2.45, 2.75) is 127 Å². The molecule has 2 aromatic carbocycles. The van der Waals surface area contributed by atoms with Gasteiger partial charge in [0.25, 0.3) is 0 Å². The second-order valence-electron chi connectivity index (χ2n) is 14.7. The first-order valence-electron chi connectivity index (χ1n) is 18.1. The molecule has 5 rings (SSSR count). The van der Waals surface area contributed by atoms with Crippen LogP contribution in [0.3, 0.4) is 0 Å². The molecule has 0 N–H and O–H groups in total. The minimum absolute atomic E-state index is 0.109. The van der Waals surface area contributed by atoms with Crippen LogP contribution in [0, 0.1) is 0 Å². The molecule has 0 saturated carbocycles. The van der Waals surface area contributed by atoms with Crippen LogP contribution in [0.2, 0.25) is 25.7 Å². The van der Waals surface area contributed by atoms with Crippen molar-refractivity contribution in [2.75, 3.05) is 20.5 Å². The highest BCUT2D eigenvalue weighted by molar-refractivity contribution is 6.76. The van der Waals surface area contributed by atoms with Crippen LogP contribution < -0.4 is 0 Å². The van der Waals surface area contributed by atoms with Crippen molar-refractivity contribution < 1.29 is 57.0 Å². The first kappa shape index (κ1) is 40.1. The summed E-state index contributed by atoms with van der Waals surface area (Å²) < 4.78 is 61.0. The van der Waals surface area contributed by atoms with Gasteiger partial charge in [-0.3, -0.25) is 0 Å². The molecule has 2 saturated heterocycles. The molecule has 0 bridgehead atoms. The summed E-state index contributed by atoms with van der Waals surface area (Å²) in [6.07, 6.45) is -2.51. The number of ether oxygens (including phenoxy) is 10. The standard InChI is InChI=1S/C39H54O12Si/c1-25-35(30(18-19-44-25)45-24-43-20-21-52(5,6)7)49-33-22-31(42-4)36(26(2)46-33)50-34-23-32(48-38(40)28-14-10-8-11-15-28)37(27(3)47-34)51-39(41)29-16-12-9-13-17-29/h8-19,25-27,30-37H,20-24H2,1-7H3/t25?,26?,27?,30?,31-,32-,33-,34+,35-,36-,37-/m1/s1. The third kappa shape index (κ3) is 11.2. The van der Waals surface area contributed by atoms with Gasteiger partial charge in [-0.05, 0) is 57.2 Å². The Bertz CT molecular complexity index is 1440. The summed E-state index contributed by atoms with van der Waals surface area (Å²) in [5, 5.41) is 0. The van der Waals surface area contributed by atoms with Crippen LogP contribution in [0.1, 0.15) is 54.3 Å². The minimum Gasteiger partial charge on any atom is -0.496 e. The topological polar surface area (TPSA) is 126 Å². The molecule has 0 aliphatic carbocycles. The van der Waals surface area contributed by atoms with Gasteiger partial charge in [-0.1, -0.05) is 56.0 Å². The van der Waals surface area contributed by atoms with Crippen LogP contribution >= 0.6 is 0 Å². The summed E-state index contributed by atoms with van der Waals surface area (Å²) >= 11 is 0. The van der Waals surface area contributed by atoms with Gasteiger partial charge in [-0.25, -0.2) is 9.59 Å². The van der Waals surface area contributed by atoms with Gasteiger partial charge in [0, 0.05) is 34.6 Å². The Hall–Kier alpha value is -3.14. The lowest BCUT2D eigenvalue weighted by Crippen LogP contribution is -2.56. The van der Waals surface area contributed by atoms with Crippen molar-refractivity contribution in [1.29, 1.82) is 0 Å². The molecular weight excluding hydrogens is 689 g/mol. The molecule has 2 fully saturated rings. The lowest BCUT2D eigenvalue weighted by Gasteiger charge is -2.45. The summed E-state index contributed by atoms with van der Waals surface area (Å²) in [7, 11) is 0.405. The van der Waals surface area contributed by atoms with E-state index in [1.54, 1.807) is 68.8 Å². The van der Waals surface area contributed by atoms with Crippen LogP contribution in [0.25, 0.3) is 0 Å². The van der Waals surface area contributed by atoms with Gasteiger partial charge < -0.3 is 47.4 Å². The number of carbonyl (C=O) groups excluding carboxylic acids is 2. The molecule has 0 spiro atoms. The highest BCUT2D eigenvalue weighted by atomic mass is 28.3. The Balaban J connectivity index is 1.21. The highest BCUT2D eigenvalue weighted by Gasteiger charge is 2.47. The average Bonchev–Trinajstić information content (AvgIpc) is 3.12. The molecule has 3 aliphatic rings. The van der Waals surface area contributed by atoms with Crippen LogP contribution in [-0.4, -0.2) is 108 Å². The van der Waals surface area contributed by atoms with E-state index in [9.17, 15) is 9.59 Å². The number of hydrogen-bond acceptors (Lipinski definition) is 12. The third-order valence-corrected chi connectivity index (χ3v) is 11.1. The first-order valence-corrected chi connectivity index (χ1v) is 21.8. The lowest BCUT2D eigenvalue weighted by molar-refractivity contribution is -0.324. The van der Waals surface area contributed by atoms with Crippen LogP contribution in [0.15, 0.2) is 73.0 Å². The zero-order chi connectivity index (χ0) is 37.3. The number of carbonyl (C=O) groups is 2. The average molecular weight is 743 g/mol. The van der Waals surface area contributed by atoms with Gasteiger partial charge >= 0.3 is 11.9 Å². The maximum Gasteiger partial charge on any atom is 0.338 e. The van der Waals surface area contributed by atoms with E-state index in [0.29, 0.717) is 24.2 Å². The number of esters is 2. The van der Waals surface area contributed by atoms with E-state index in [4.69, 9.17) is 47.4 Å². The maximum absolute atomic E-state index is 13.2. The van der Waals surface area contributed by atoms with E-state index in [0.717, 1.165) is 6.04 Å². The van der Waals surface area contributed by atoms with Crippen molar-refractivity contribution in [3.63, 3.8) is 0 Å². The van der Waals surface area contributed by atoms with E-state index >= 15 is 0 Å². The molecule has 286 valence electrons. The minimum atomic E-state index is -1.21. The van der Waals surface area contributed by atoms with Crippen LogP contribution in [0.5, 0.6) is 0 Å². The van der Waals surface area contributed by atoms with Gasteiger partial charge in [0.15, 0.2) is 18.7 Å². The summed E-state index contributed by atoms with van der Waals surface area (Å²) in [4.78, 5) is 26.3. The summed E-state index contributed by atoms with van der Waals surface area (Å²) in [6.45, 7) is 13.3. The quantitative estimate of drug-likeness (QED) is 0.0903. The van der Waals surface area contributed by atoms with E-state index < -0.39 is 75.3 Å². The van der Waals surface area contributed by atoms with E-state index in [1.165, 1.54) is 0 Å². The largest absolute Gasteiger partial charge is 0.496 e. The predicted molar refractivity (Wildman–Crippen MR) is 193 cm³/mol. The Morgan fingerprint density at radius 2 is 1.29 bits per heavy atom. The van der Waals surface area contributed by atoms with E-state index in [1.807, 2.05) is 32.1 Å². The van der Waals surface area contributed by atoms with Gasteiger partial charge in [0.05, 0.1) is 35.7 Å². The van der Waals surface area contributed by atoms with Gasteiger partial charge in [0.1, 0.15) is 37.3 Å². The molecule has 4 unspecified atom stereocenters. The van der Waals surface area contributed by atoms with Gasteiger partial charge in [0.2, 0.25) is 0 Å². The molecule has 11 atom stereocenters. The second kappa shape index (κ2) is 18.8. The molecular formula is C39H54O12Si. The zero-order valence-electron chi connectivity index (χ0n) is 31.2. The van der Waals surface area contributed by atoms with Gasteiger partial charge in [-0.15, -0.1) is 0 Å². The fourth-order valence-electron chi connectivity index (χ4n) is 6.39. The molecule has 52 heavy (non-hydrogen) atoms. The van der Waals surface area contributed by atoms with E-state index in [2.05, 4.69) is 19.6 Å². The normalized spacial score (nSPS) is 32.1. The molecule has 2 aromatic rings. The SMILES string of the molecule is CO[C@@H]1C[C@@H](O[C@@H]2C(C)OC=CC2OCOCC[Si](C)(C)C)OC(C)[C@H]1O[C@H]1C[C@@H](OC(=O)c2ccccc2)[C@H](OC(=O)c2ccccc2)C(C)O1. The number of rotatable bonds is 15. The molecule has 3 heterocycles. The summed E-state index contributed by atoms with van der Waals surface area (Å²) in [5.41, 5.74) is 0.755.